The summed E-state index contributed by atoms with van der Waals surface area (Å²) in [6, 6.07) is 9.27. The van der Waals surface area contributed by atoms with Crippen LogP contribution in [0.4, 0.5) is 5.82 Å². The molecule has 8 heteroatoms. The zero-order valence-corrected chi connectivity index (χ0v) is 17.0. The summed E-state index contributed by atoms with van der Waals surface area (Å²) >= 11 is 12.3. The minimum atomic E-state index is 0.560. The second-order valence-electron chi connectivity index (χ2n) is 7.27. The van der Waals surface area contributed by atoms with Crippen LogP contribution >= 0.6 is 23.2 Å². The molecule has 0 N–H and O–H groups in total. The predicted molar refractivity (Wildman–Crippen MR) is 110 cm³/mol. The first kappa shape index (κ1) is 18.5. The van der Waals surface area contributed by atoms with E-state index in [4.69, 9.17) is 28.3 Å². The summed E-state index contributed by atoms with van der Waals surface area (Å²) in [5, 5.41) is 14.4. The molecule has 0 saturated carbocycles. The van der Waals surface area contributed by atoms with Crippen molar-refractivity contribution >= 4 is 34.7 Å². The van der Waals surface area contributed by atoms with E-state index in [9.17, 15) is 0 Å². The maximum atomic E-state index is 6.14. The van der Waals surface area contributed by atoms with Crippen LogP contribution in [0.2, 0.25) is 10.0 Å². The number of halogens is 2. The van der Waals surface area contributed by atoms with Crippen molar-refractivity contribution in [2.75, 3.05) is 38.6 Å². The van der Waals surface area contributed by atoms with Gasteiger partial charge < -0.3 is 9.80 Å². The van der Waals surface area contributed by atoms with E-state index < -0.39 is 0 Å². The highest BCUT2D eigenvalue weighted by molar-refractivity contribution is 6.35. The number of hydrogen-bond donors (Lipinski definition) is 0. The van der Waals surface area contributed by atoms with E-state index >= 15 is 0 Å². The molecular weight excluding hydrogens is 383 g/mol. The Bertz CT molecular complexity index is 928. The van der Waals surface area contributed by atoms with Crippen LogP contribution < -0.4 is 4.90 Å². The Hall–Kier alpha value is -1.89. The largest absolute Gasteiger partial charge is 0.358 e. The zero-order chi connectivity index (χ0) is 19.0. The molecule has 1 aliphatic heterocycles. The van der Waals surface area contributed by atoms with Crippen LogP contribution in [0.3, 0.4) is 0 Å². The van der Waals surface area contributed by atoms with Gasteiger partial charge in [0.1, 0.15) is 5.82 Å². The Morgan fingerprint density at radius 2 is 1.78 bits per heavy atom. The molecule has 0 atom stereocenters. The number of benzene rings is 1. The average Bonchev–Trinajstić information content (AvgIpc) is 3.06. The highest BCUT2D eigenvalue weighted by Gasteiger charge is 2.19. The van der Waals surface area contributed by atoms with E-state index in [0.717, 1.165) is 31.0 Å². The monoisotopic (exact) mass is 404 g/mol. The topological polar surface area (TPSA) is 49.6 Å². The van der Waals surface area contributed by atoms with Crippen molar-refractivity contribution in [3.63, 3.8) is 0 Å². The van der Waals surface area contributed by atoms with Crippen molar-refractivity contribution in [1.82, 2.24) is 24.7 Å². The van der Waals surface area contributed by atoms with Crippen molar-refractivity contribution < 1.29 is 0 Å². The Morgan fingerprint density at radius 3 is 2.48 bits per heavy atom. The van der Waals surface area contributed by atoms with E-state index in [1.54, 1.807) is 10.6 Å². The van der Waals surface area contributed by atoms with Gasteiger partial charge in [-0.3, -0.25) is 0 Å². The van der Waals surface area contributed by atoms with Crippen molar-refractivity contribution in [2.45, 2.75) is 12.8 Å². The first-order valence-electron chi connectivity index (χ1n) is 9.08. The molecule has 4 rings (SSSR count). The minimum Gasteiger partial charge on any atom is -0.358 e. The normalized spacial score (nSPS) is 16.1. The van der Waals surface area contributed by atoms with Crippen LogP contribution in [0, 0.1) is 5.92 Å². The molecule has 3 aromatic rings. The lowest BCUT2D eigenvalue weighted by Gasteiger charge is -2.32. The Kier molecular flexibility index (Phi) is 5.21. The summed E-state index contributed by atoms with van der Waals surface area (Å²) in [4.78, 5) is 4.60. The highest BCUT2D eigenvalue weighted by Crippen LogP contribution is 2.27. The second-order valence-corrected chi connectivity index (χ2v) is 8.14. The van der Waals surface area contributed by atoms with E-state index in [1.807, 2.05) is 24.3 Å². The average molecular weight is 405 g/mol. The van der Waals surface area contributed by atoms with Gasteiger partial charge in [-0.2, -0.15) is 4.52 Å². The molecule has 2 aromatic heterocycles. The SMILES string of the molecule is CN1CCC(CN(C)c2ccc3nnc(-c4cc(Cl)cc(Cl)c4)n3n2)CC1. The van der Waals surface area contributed by atoms with Crippen molar-refractivity contribution in [1.29, 1.82) is 0 Å². The lowest BCUT2D eigenvalue weighted by Crippen LogP contribution is -2.36. The maximum absolute atomic E-state index is 6.14. The third-order valence-electron chi connectivity index (χ3n) is 5.13. The number of aromatic nitrogens is 4. The number of nitrogens with zero attached hydrogens (tertiary/aromatic N) is 6. The fraction of sp³-hybridized carbons (Fsp3) is 0.421. The standard InChI is InChI=1S/C19H22Cl2N6/c1-25-7-5-13(6-8-25)12-26(2)18-4-3-17-22-23-19(27(17)24-18)14-9-15(20)11-16(21)10-14/h3-4,9-11,13H,5-8,12H2,1-2H3. The molecule has 0 unspecified atom stereocenters. The van der Waals surface area contributed by atoms with E-state index in [2.05, 4.69) is 34.1 Å². The highest BCUT2D eigenvalue weighted by atomic mass is 35.5. The Balaban J connectivity index is 1.61. The molecule has 1 fully saturated rings. The minimum absolute atomic E-state index is 0.560. The summed E-state index contributed by atoms with van der Waals surface area (Å²) < 4.78 is 1.75. The van der Waals surface area contributed by atoms with Gasteiger partial charge in [0.2, 0.25) is 0 Å². The number of anilines is 1. The Morgan fingerprint density at radius 1 is 1.07 bits per heavy atom. The first-order valence-corrected chi connectivity index (χ1v) is 9.84. The van der Waals surface area contributed by atoms with Gasteiger partial charge in [-0.15, -0.1) is 15.3 Å². The molecule has 0 aliphatic carbocycles. The quantitative estimate of drug-likeness (QED) is 0.660. The Labute approximate surface area is 168 Å². The van der Waals surface area contributed by atoms with Gasteiger partial charge in [0.05, 0.1) is 0 Å². The summed E-state index contributed by atoms with van der Waals surface area (Å²) in [7, 11) is 4.28. The van der Waals surface area contributed by atoms with E-state index in [1.165, 1.54) is 12.8 Å². The van der Waals surface area contributed by atoms with Crippen molar-refractivity contribution in [2.24, 2.45) is 5.92 Å². The van der Waals surface area contributed by atoms with Crippen LogP contribution in [0.1, 0.15) is 12.8 Å². The zero-order valence-electron chi connectivity index (χ0n) is 15.4. The molecule has 142 valence electrons. The molecule has 0 amide bonds. The molecule has 3 heterocycles. The van der Waals surface area contributed by atoms with E-state index in [0.29, 0.717) is 27.4 Å². The first-order chi connectivity index (χ1) is 13.0. The lowest BCUT2D eigenvalue weighted by atomic mass is 9.97. The number of likely N-dealkylation sites (tertiary alicyclic amines) is 1. The van der Waals surface area contributed by atoms with Crippen LogP contribution in [0.15, 0.2) is 30.3 Å². The van der Waals surface area contributed by atoms with Gasteiger partial charge in [0.15, 0.2) is 11.5 Å². The van der Waals surface area contributed by atoms with Crippen LogP contribution in [0.25, 0.3) is 17.0 Å². The van der Waals surface area contributed by atoms with Crippen molar-refractivity contribution in [3.8, 4) is 11.4 Å². The number of hydrogen-bond acceptors (Lipinski definition) is 5. The summed E-state index contributed by atoms with van der Waals surface area (Å²) in [6.45, 7) is 3.32. The summed E-state index contributed by atoms with van der Waals surface area (Å²) in [6.07, 6.45) is 2.45. The molecule has 0 radical (unpaired) electrons. The van der Waals surface area contributed by atoms with Gasteiger partial charge in [-0.1, -0.05) is 23.2 Å². The number of piperidine rings is 1. The second kappa shape index (κ2) is 7.62. The number of fused-ring (bicyclic) bond motifs is 1. The van der Waals surface area contributed by atoms with E-state index in [-0.39, 0.29) is 0 Å². The fourth-order valence-electron chi connectivity index (χ4n) is 3.57. The molecule has 1 aliphatic rings. The van der Waals surface area contributed by atoms with Gasteiger partial charge >= 0.3 is 0 Å². The predicted octanol–water partition coefficient (Wildman–Crippen LogP) is 3.88. The smallest absolute Gasteiger partial charge is 0.185 e. The third-order valence-corrected chi connectivity index (χ3v) is 5.57. The molecule has 6 nitrogen and oxygen atoms in total. The molecule has 27 heavy (non-hydrogen) atoms. The molecule has 0 spiro atoms. The fourth-order valence-corrected chi connectivity index (χ4v) is 4.10. The number of rotatable bonds is 4. The van der Waals surface area contributed by atoms with Crippen LogP contribution in [-0.4, -0.2) is 58.4 Å². The molecular formula is C19H22Cl2N6. The summed E-state index contributed by atoms with van der Waals surface area (Å²) in [5.74, 6) is 2.22. The van der Waals surface area contributed by atoms with Gasteiger partial charge in [-0.25, -0.2) is 0 Å². The molecule has 0 bridgehead atoms. The maximum Gasteiger partial charge on any atom is 0.185 e. The molecule has 1 saturated heterocycles. The van der Waals surface area contributed by atoms with Gasteiger partial charge in [0.25, 0.3) is 0 Å². The van der Waals surface area contributed by atoms with Crippen molar-refractivity contribution in [3.05, 3.63) is 40.4 Å². The van der Waals surface area contributed by atoms with Crippen LogP contribution in [-0.2, 0) is 0 Å². The van der Waals surface area contributed by atoms with Gasteiger partial charge in [0, 0.05) is 29.2 Å². The summed E-state index contributed by atoms with van der Waals surface area (Å²) in [5.41, 5.74) is 1.49. The third kappa shape index (κ3) is 4.03. The molecule has 1 aromatic carbocycles. The lowest BCUT2D eigenvalue weighted by molar-refractivity contribution is 0.222. The van der Waals surface area contributed by atoms with Gasteiger partial charge in [-0.05, 0) is 69.2 Å². The van der Waals surface area contributed by atoms with Crippen LogP contribution in [0.5, 0.6) is 0 Å².